The SMILES string of the molecule is Cc1c(N)cn(Cc2ccc(F)c(Br)c2)c(=O)c1Br. The fourth-order valence-electron chi connectivity index (χ4n) is 1.69. The molecule has 0 bridgehead atoms. The second-order valence-corrected chi connectivity index (χ2v) is 5.85. The molecule has 19 heavy (non-hydrogen) atoms. The maximum absolute atomic E-state index is 13.2. The summed E-state index contributed by atoms with van der Waals surface area (Å²) in [5.74, 6) is -0.333. The molecule has 0 unspecified atom stereocenters. The second kappa shape index (κ2) is 5.46. The third-order valence-electron chi connectivity index (χ3n) is 2.84. The minimum atomic E-state index is -0.333. The predicted molar refractivity (Wildman–Crippen MR) is 80.8 cm³/mol. The third kappa shape index (κ3) is 2.90. The molecule has 0 aliphatic rings. The van der Waals surface area contributed by atoms with Crippen molar-refractivity contribution in [2.75, 3.05) is 5.73 Å². The van der Waals surface area contributed by atoms with Gasteiger partial charge in [-0.1, -0.05) is 6.07 Å². The lowest BCUT2D eigenvalue weighted by Gasteiger charge is -2.11. The van der Waals surface area contributed by atoms with Gasteiger partial charge in [0.25, 0.3) is 5.56 Å². The van der Waals surface area contributed by atoms with Gasteiger partial charge in [0.05, 0.1) is 21.2 Å². The number of benzene rings is 1. The second-order valence-electron chi connectivity index (χ2n) is 4.20. The number of hydrogen-bond acceptors (Lipinski definition) is 2. The quantitative estimate of drug-likeness (QED) is 0.854. The van der Waals surface area contributed by atoms with Crippen LogP contribution in [0.5, 0.6) is 0 Å². The summed E-state index contributed by atoms with van der Waals surface area (Å²) >= 11 is 6.36. The molecular formula is C13H11Br2FN2O. The summed E-state index contributed by atoms with van der Waals surface area (Å²) in [7, 11) is 0. The minimum Gasteiger partial charge on any atom is -0.397 e. The van der Waals surface area contributed by atoms with Crippen LogP contribution in [0.4, 0.5) is 10.1 Å². The van der Waals surface area contributed by atoms with Crippen molar-refractivity contribution in [3.05, 3.63) is 60.6 Å². The summed E-state index contributed by atoms with van der Waals surface area (Å²) in [6, 6.07) is 4.64. The third-order valence-corrected chi connectivity index (χ3v) is 4.38. The van der Waals surface area contributed by atoms with Crippen molar-refractivity contribution in [3.8, 4) is 0 Å². The number of anilines is 1. The van der Waals surface area contributed by atoms with Crippen LogP contribution in [0.2, 0.25) is 0 Å². The average Bonchev–Trinajstić information content (AvgIpc) is 2.38. The lowest BCUT2D eigenvalue weighted by molar-refractivity contribution is 0.619. The van der Waals surface area contributed by atoms with Crippen molar-refractivity contribution in [2.24, 2.45) is 0 Å². The first-order chi connectivity index (χ1) is 8.90. The molecule has 0 saturated heterocycles. The van der Waals surface area contributed by atoms with Crippen LogP contribution in [0.25, 0.3) is 0 Å². The minimum absolute atomic E-state index is 0.160. The average molecular weight is 390 g/mol. The van der Waals surface area contributed by atoms with Gasteiger partial charge in [-0.25, -0.2) is 4.39 Å². The first-order valence-electron chi connectivity index (χ1n) is 5.49. The van der Waals surface area contributed by atoms with E-state index in [2.05, 4.69) is 31.9 Å². The van der Waals surface area contributed by atoms with Gasteiger partial charge in [0, 0.05) is 6.20 Å². The molecule has 2 N–H and O–H groups in total. The van der Waals surface area contributed by atoms with Crippen molar-refractivity contribution in [3.63, 3.8) is 0 Å². The summed E-state index contributed by atoms with van der Waals surface area (Å²) in [6.45, 7) is 2.11. The van der Waals surface area contributed by atoms with Gasteiger partial charge >= 0.3 is 0 Å². The Morgan fingerprint density at radius 2 is 2.05 bits per heavy atom. The molecule has 1 aromatic heterocycles. The van der Waals surface area contributed by atoms with E-state index in [0.29, 0.717) is 21.2 Å². The van der Waals surface area contributed by atoms with Crippen molar-refractivity contribution in [2.45, 2.75) is 13.5 Å². The zero-order valence-electron chi connectivity index (χ0n) is 10.1. The summed E-state index contributed by atoms with van der Waals surface area (Å²) in [5.41, 5.74) is 7.75. The molecule has 100 valence electrons. The summed E-state index contributed by atoms with van der Waals surface area (Å²) in [4.78, 5) is 12.1. The monoisotopic (exact) mass is 388 g/mol. The number of aromatic nitrogens is 1. The largest absolute Gasteiger partial charge is 0.397 e. The summed E-state index contributed by atoms with van der Waals surface area (Å²) in [6.07, 6.45) is 1.60. The number of nitrogen functional groups attached to an aromatic ring is 1. The topological polar surface area (TPSA) is 48.0 Å². The highest BCUT2D eigenvalue weighted by molar-refractivity contribution is 9.10. The Morgan fingerprint density at radius 1 is 1.37 bits per heavy atom. The van der Waals surface area contributed by atoms with E-state index in [9.17, 15) is 9.18 Å². The molecule has 3 nitrogen and oxygen atoms in total. The van der Waals surface area contributed by atoms with Gasteiger partial charge in [-0.05, 0) is 62.0 Å². The first-order valence-corrected chi connectivity index (χ1v) is 7.07. The molecule has 0 atom stereocenters. The molecule has 0 fully saturated rings. The Labute approximate surface area is 126 Å². The van der Waals surface area contributed by atoms with E-state index in [0.717, 1.165) is 11.1 Å². The van der Waals surface area contributed by atoms with Gasteiger partial charge in [-0.3, -0.25) is 4.79 Å². The van der Waals surface area contributed by atoms with Crippen LogP contribution >= 0.6 is 31.9 Å². The Balaban J connectivity index is 2.44. The lowest BCUT2D eigenvalue weighted by Crippen LogP contribution is -2.22. The van der Waals surface area contributed by atoms with Crippen LogP contribution in [0.15, 0.2) is 38.1 Å². The first kappa shape index (κ1) is 14.3. The smallest absolute Gasteiger partial charge is 0.265 e. The Morgan fingerprint density at radius 3 is 2.68 bits per heavy atom. The van der Waals surface area contributed by atoms with Gasteiger partial charge in [-0.15, -0.1) is 0 Å². The molecule has 2 rings (SSSR count). The van der Waals surface area contributed by atoms with Crippen molar-refractivity contribution in [1.82, 2.24) is 4.57 Å². The summed E-state index contributed by atoms with van der Waals surface area (Å²) < 4.78 is 15.5. The van der Waals surface area contributed by atoms with Crippen molar-refractivity contribution < 1.29 is 4.39 Å². The molecule has 6 heteroatoms. The fourth-order valence-corrected chi connectivity index (χ4v) is 2.57. The lowest BCUT2D eigenvalue weighted by atomic mass is 10.2. The van der Waals surface area contributed by atoms with Crippen LogP contribution in [-0.4, -0.2) is 4.57 Å². The Kier molecular flexibility index (Phi) is 4.10. The van der Waals surface area contributed by atoms with Crippen molar-refractivity contribution >= 4 is 37.5 Å². The molecular weight excluding hydrogens is 379 g/mol. The van der Waals surface area contributed by atoms with E-state index in [-0.39, 0.29) is 11.4 Å². The standard InChI is InChI=1S/C13H11Br2FN2O/c1-7-11(17)6-18(13(19)12(7)15)5-8-2-3-10(16)9(14)4-8/h2-4,6H,5,17H2,1H3. The number of nitrogens with two attached hydrogens (primary N) is 1. The highest BCUT2D eigenvalue weighted by atomic mass is 79.9. The Bertz CT molecular complexity index is 698. The zero-order valence-corrected chi connectivity index (χ0v) is 13.3. The van der Waals surface area contributed by atoms with Crippen LogP contribution in [0, 0.1) is 12.7 Å². The van der Waals surface area contributed by atoms with E-state index in [1.165, 1.54) is 10.6 Å². The molecule has 0 spiro atoms. The van der Waals surface area contributed by atoms with Crippen LogP contribution in [0.1, 0.15) is 11.1 Å². The molecule has 2 aromatic rings. The van der Waals surface area contributed by atoms with Crippen LogP contribution in [0.3, 0.4) is 0 Å². The molecule has 0 amide bonds. The molecule has 1 aromatic carbocycles. The molecule has 0 aliphatic heterocycles. The summed E-state index contributed by atoms with van der Waals surface area (Å²) in [5, 5.41) is 0. The number of halogens is 3. The molecule has 0 radical (unpaired) electrons. The van der Waals surface area contributed by atoms with Gasteiger partial charge in [-0.2, -0.15) is 0 Å². The van der Waals surface area contributed by atoms with E-state index < -0.39 is 0 Å². The van der Waals surface area contributed by atoms with E-state index >= 15 is 0 Å². The van der Waals surface area contributed by atoms with E-state index in [4.69, 9.17) is 5.73 Å². The van der Waals surface area contributed by atoms with Crippen LogP contribution < -0.4 is 11.3 Å². The zero-order chi connectivity index (χ0) is 14.2. The number of nitrogens with zero attached hydrogens (tertiary/aromatic N) is 1. The Hall–Kier alpha value is -1.14. The van der Waals surface area contributed by atoms with Gasteiger partial charge in [0.2, 0.25) is 0 Å². The number of hydrogen-bond donors (Lipinski definition) is 1. The van der Waals surface area contributed by atoms with E-state index in [1.807, 2.05) is 0 Å². The molecule has 0 aliphatic carbocycles. The highest BCUT2D eigenvalue weighted by Crippen LogP contribution is 2.20. The molecule has 1 heterocycles. The van der Waals surface area contributed by atoms with Crippen LogP contribution in [-0.2, 0) is 6.54 Å². The van der Waals surface area contributed by atoms with E-state index in [1.54, 1.807) is 25.3 Å². The van der Waals surface area contributed by atoms with Gasteiger partial charge in [0.15, 0.2) is 0 Å². The normalized spacial score (nSPS) is 10.7. The van der Waals surface area contributed by atoms with Gasteiger partial charge < -0.3 is 10.3 Å². The maximum Gasteiger partial charge on any atom is 0.265 e. The molecule has 0 saturated carbocycles. The highest BCUT2D eigenvalue weighted by Gasteiger charge is 2.09. The number of pyridine rings is 1. The maximum atomic E-state index is 13.2. The fraction of sp³-hybridized carbons (Fsp3) is 0.154. The predicted octanol–water partition coefficient (Wildman–Crippen LogP) is 3.45. The van der Waals surface area contributed by atoms with Crippen molar-refractivity contribution in [1.29, 1.82) is 0 Å². The van der Waals surface area contributed by atoms with Gasteiger partial charge in [0.1, 0.15) is 5.82 Å². The number of rotatable bonds is 2.